The first-order valence-corrected chi connectivity index (χ1v) is 11.8. The quantitative estimate of drug-likeness (QED) is 0.224. The number of nitrogens with one attached hydrogen (secondary N) is 1. The fourth-order valence-corrected chi connectivity index (χ4v) is 4.02. The minimum Gasteiger partial charge on any atom is -0.489 e. The highest BCUT2D eigenvalue weighted by Crippen LogP contribution is 2.30. The normalized spacial score (nSPS) is 11.2. The van der Waals surface area contributed by atoms with Crippen molar-refractivity contribution in [2.45, 2.75) is 39.8 Å². The predicted octanol–water partition coefficient (Wildman–Crippen LogP) is 6.01. The van der Waals surface area contributed by atoms with Crippen LogP contribution in [0.25, 0.3) is 11.1 Å². The Morgan fingerprint density at radius 2 is 1.85 bits per heavy atom. The molecule has 4 aromatic rings. The topological polar surface area (TPSA) is 51.4 Å². The van der Waals surface area contributed by atoms with E-state index in [4.69, 9.17) is 4.74 Å². The van der Waals surface area contributed by atoms with Gasteiger partial charge in [-0.2, -0.15) is 5.10 Å². The van der Waals surface area contributed by atoms with E-state index < -0.39 is 0 Å². The number of rotatable bonds is 11. The van der Waals surface area contributed by atoms with Gasteiger partial charge >= 0.3 is 0 Å². The van der Waals surface area contributed by atoms with Crippen LogP contribution < -0.4 is 10.1 Å². The number of ether oxygens (including phenoxy) is 1. The van der Waals surface area contributed by atoms with Gasteiger partial charge in [0.25, 0.3) is 0 Å². The van der Waals surface area contributed by atoms with Gasteiger partial charge in [0.1, 0.15) is 12.4 Å². The number of hydrogen-bond donors (Lipinski definition) is 1. The van der Waals surface area contributed by atoms with Gasteiger partial charge in [0, 0.05) is 35.9 Å². The first-order chi connectivity index (χ1) is 16.7. The molecule has 0 radical (unpaired) electrons. The van der Waals surface area contributed by atoms with E-state index in [0.29, 0.717) is 6.61 Å². The van der Waals surface area contributed by atoms with Crippen LogP contribution in [0.1, 0.15) is 36.0 Å². The Morgan fingerprint density at radius 3 is 2.65 bits per heavy atom. The van der Waals surface area contributed by atoms with Gasteiger partial charge in [0.15, 0.2) is 0 Å². The highest BCUT2D eigenvalue weighted by Gasteiger charge is 2.13. The number of pyridine rings is 1. The Balaban J connectivity index is 1.42. The number of aromatic nitrogens is 2. The Hall–Kier alpha value is -3.70. The van der Waals surface area contributed by atoms with Gasteiger partial charge in [-0.05, 0) is 74.7 Å². The van der Waals surface area contributed by atoms with E-state index in [9.17, 15) is 0 Å². The van der Waals surface area contributed by atoms with Gasteiger partial charge in [0.05, 0.1) is 5.69 Å². The van der Waals surface area contributed by atoms with Crippen molar-refractivity contribution in [3.63, 3.8) is 0 Å². The molecule has 4 rings (SSSR count). The van der Waals surface area contributed by atoms with Gasteiger partial charge in [0.2, 0.25) is 0 Å². The maximum atomic E-state index is 6.06. The minimum atomic E-state index is 0.557. The number of nitrogens with zero attached hydrogens (tertiary/aromatic N) is 3. The summed E-state index contributed by atoms with van der Waals surface area (Å²) in [5.41, 5.74) is 6.89. The lowest BCUT2D eigenvalue weighted by molar-refractivity contribution is 0.306. The summed E-state index contributed by atoms with van der Waals surface area (Å²) in [5, 5.41) is 8.11. The van der Waals surface area contributed by atoms with Crippen molar-refractivity contribution >= 4 is 6.21 Å². The molecular weight excluding hydrogens is 420 g/mol. The molecule has 0 saturated carbocycles. The van der Waals surface area contributed by atoms with E-state index in [1.165, 1.54) is 11.3 Å². The van der Waals surface area contributed by atoms with Gasteiger partial charge in [-0.25, -0.2) is 4.68 Å². The predicted molar refractivity (Wildman–Crippen MR) is 139 cm³/mol. The second-order valence-electron chi connectivity index (χ2n) is 8.22. The molecule has 0 spiro atoms. The smallest absolute Gasteiger partial charge is 0.120 e. The summed E-state index contributed by atoms with van der Waals surface area (Å²) in [5.74, 6) is 0.868. The van der Waals surface area contributed by atoms with Crippen molar-refractivity contribution in [1.82, 2.24) is 15.0 Å². The van der Waals surface area contributed by atoms with Crippen molar-refractivity contribution in [2.75, 3.05) is 6.54 Å². The maximum absolute atomic E-state index is 6.06. The average molecular weight is 453 g/mol. The minimum absolute atomic E-state index is 0.557. The Labute approximate surface area is 202 Å². The molecule has 0 bridgehead atoms. The van der Waals surface area contributed by atoms with Crippen LogP contribution in [0.5, 0.6) is 5.75 Å². The molecule has 2 aromatic carbocycles. The second-order valence-corrected chi connectivity index (χ2v) is 8.22. The maximum Gasteiger partial charge on any atom is 0.120 e. The van der Waals surface area contributed by atoms with Crippen molar-refractivity contribution < 1.29 is 4.74 Å². The summed E-state index contributed by atoms with van der Waals surface area (Å²) < 4.78 is 8.12. The molecule has 0 aliphatic heterocycles. The molecule has 2 aromatic heterocycles. The van der Waals surface area contributed by atoms with E-state index in [1.54, 1.807) is 0 Å². The molecule has 0 aliphatic carbocycles. The molecule has 0 saturated heterocycles. The fraction of sp³-hybridized carbons (Fsp3) is 0.241. The molecule has 5 nitrogen and oxygen atoms in total. The van der Waals surface area contributed by atoms with Crippen molar-refractivity contribution in [3.05, 3.63) is 108 Å². The van der Waals surface area contributed by atoms with Crippen LogP contribution in [0.15, 0.2) is 90.2 Å². The zero-order valence-corrected chi connectivity index (χ0v) is 19.9. The first kappa shape index (κ1) is 23.5. The van der Waals surface area contributed by atoms with Crippen molar-refractivity contribution in [1.29, 1.82) is 0 Å². The molecule has 0 aliphatic rings. The second kappa shape index (κ2) is 12.0. The Bertz CT molecular complexity index is 1200. The molecule has 0 unspecified atom stereocenters. The number of benzene rings is 2. The molecule has 174 valence electrons. The zero-order chi connectivity index (χ0) is 23.6. The van der Waals surface area contributed by atoms with Crippen molar-refractivity contribution in [2.24, 2.45) is 5.10 Å². The standard InChI is InChI=1S/C29H32N4O/c1-3-32-33-23(2)29(20-27(33)15-10-17-30-21-26-14-7-8-18-31-26)25-13-9-16-28(19-25)34-22-24-11-5-4-6-12-24/h3-9,11-14,16,18-20,30H,10,15,17,21-22H2,1-2H3/b32-3+. The largest absolute Gasteiger partial charge is 0.489 e. The average Bonchev–Trinajstić information content (AvgIpc) is 3.19. The van der Waals surface area contributed by atoms with Crippen LogP contribution in [0.4, 0.5) is 0 Å². The summed E-state index contributed by atoms with van der Waals surface area (Å²) in [6.45, 7) is 6.35. The fourth-order valence-electron chi connectivity index (χ4n) is 4.02. The highest BCUT2D eigenvalue weighted by molar-refractivity contribution is 5.69. The summed E-state index contributed by atoms with van der Waals surface area (Å²) in [7, 11) is 0. The third-order valence-electron chi connectivity index (χ3n) is 5.73. The number of hydrogen-bond acceptors (Lipinski definition) is 4. The van der Waals surface area contributed by atoms with Crippen molar-refractivity contribution in [3.8, 4) is 16.9 Å². The molecule has 5 heteroatoms. The van der Waals surface area contributed by atoms with E-state index in [-0.39, 0.29) is 0 Å². The van der Waals surface area contributed by atoms with Crippen LogP contribution in [0.2, 0.25) is 0 Å². The lowest BCUT2D eigenvalue weighted by atomic mass is 10.1. The van der Waals surface area contributed by atoms with E-state index >= 15 is 0 Å². The number of aryl methyl sites for hydroxylation is 1. The van der Waals surface area contributed by atoms with Crippen LogP contribution in [-0.4, -0.2) is 22.4 Å². The molecule has 0 amide bonds. The van der Waals surface area contributed by atoms with Crippen LogP contribution >= 0.6 is 0 Å². The zero-order valence-electron chi connectivity index (χ0n) is 19.9. The molecular formula is C29H32N4O. The SMILES string of the molecule is C/C=N/n1c(CCCNCc2ccccn2)cc(-c2cccc(OCc3ccccc3)c2)c1C. The van der Waals surface area contributed by atoms with Gasteiger partial charge in [-0.15, -0.1) is 0 Å². The molecule has 1 N–H and O–H groups in total. The van der Waals surface area contributed by atoms with E-state index in [1.807, 2.05) is 61.8 Å². The lowest BCUT2D eigenvalue weighted by Crippen LogP contribution is -2.16. The van der Waals surface area contributed by atoms with E-state index in [0.717, 1.165) is 54.2 Å². The molecule has 2 heterocycles. The molecule has 0 atom stereocenters. The summed E-state index contributed by atoms with van der Waals surface area (Å²) in [6, 6.07) is 26.8. The Kier molecular flexibility index (Phi) is 8.25. The molecule has 34 heavy (non-hydrogen) atoms. The van der Waals surface area contributed by atoms with Crippen LogP contribution in [-0.2, 0) is 19.6 Å². The van der Waals surface area contributed by atoms with Gasteiger partial charge < -0.3 is 10.1 Å². The summed E-state index contributed by atoms with van der Waals surface area (Å²) in [6.07, 6.45) is 5.64. The summed E-state index contributed by atoms with van der Waals surface area (Å²) >= 11 is 0. The van der Waals surface area contributed by atoms with E-state index in [2.05, 4.69) is 63.4 Å². The van der Waals surface area contributed by atoms with Crippen LogP contribution in [0.3, 0.4) is 0 Å². The lowest BCUT2D eigenvalue weighted by Gasteiger charge is -2.09. The molecule has 0 fully saturated rings. The third-order valence-corrected chi connectivity index (χ3v) is 5.73. The van der Waals surface area contributed by atoms with Gasteiger partial charge in [-0.3, -0.25) is 4.98 Å². The highest BCUT2D eigenvalue weighted by atomic mass is 16.5. The monoisotopic (exact) mass is 452 g/mol. The Morgan fingerprint density at radius 1 is 1.00 bits per heavy atom. The first-order valence-electron chi connectivity index (χ1n) is 11.8. The summed E-state index contributed by atoms with van der Waals surface area (Å²) in [4.78, 5) is 4.36. The van der Waals surface area contributed by atoms with Gasteiger partial charge in [-0.1, -0.05) is 48.5 Å². The van der Waals surface area contributed by atoms with Crippen LogP contribution in [0, 0.1) is 6.92 Å². The third kappa shape index (κ3) is 6.21.